The van der Waals surface area contributed by atoms with Gasteiger partial charge < -0.3 is 15.8 Å². The van der Waals surface area contributed by atoms with Gasteiger partial charge in [-0.1, -0.05) is 0 Å². The first-order valence-electron chi connectivity index (χ1n) is 7.25. The van der Waals surface area contributed by atoms with E-state index in [4.69, 9.17) is 10.5 Å². The van der Waals surface area contributed by atoms with Crippen LogP contribution in [0, 0.1) is 5.82 Å². The first-order chi connectivity index (χ1) is 12.2. The summed E-state index contributed by atoms with van der Waals surface area (Å²) in [5.74, 6) is -0.835. The van der Waals surface area contributed by atoms with Crippen LogP contribution in [0.4, 0.5) is 9.18 Å². The maximum atomic E-state index is 13.3. The summed E-state index contributed by atoms with van der Waals surface area (Å²) in [5.41, 5.74) is 4.88. The summed E-state index contributed by atoms with van der Waals surface area (Å²) in [4.78, 5) is 23.5. The predicted octanol–water partition coefficient (Wildman–Crippen LogP) is 1.23. The Kier molecular flexibility index (Phi) is 6.16. The summed E-state index contributed by atoms with van der Waals surface area (Å²) < 4.78 is 43.5. The number of halogens is 1. The van der Waals surface area contributed by atoms with Gasteiger partial charge in [0.15, 0.2) is 0 Å². The second kappa shape index (κ2) is 8.15. The number of thiophene rings is 1. The Morgan fingerprint density at radius 1 is 1.27 bits per heavy atom. The molecule has 140 valence electrons. The molecule has 0 saturated carbocycles. The Labute approximate surface area is 153 Å². The molecule has 0 saturated heterocycles. The molecule has 0 aliphatic rings. The maximum absolute atomic E-state index is 13.3. The molecule has 0 aliphatic heterocycles. The van der Waals surface area contributed by atoms with Crippen LogP contribution in [-0.4, -0.2) is 34.0 Å². The second-order valence-electron chi connectivity index (χ2n) is 5.04. The Bertz CT molecular complexity index is 927. The monoisotopic (exact) mass is 401 g/mol. The number of amides is 3. The van der Waals surface area contributed by atoms with E-state index in [0.717, 1.165) is 17.4 Å². The standard InChI is InChI=1S/C15H16FN3O5S2/c1-24-12-4-2-9(16)8-11(12)14(20)18-7-6-10-3-5-13(25-10)26(22,23)19-15(17)21/h2-5,8H,6-7H2,1H3,(H,18,20)(H3,17,19,21). The third kappa shape index (κ3) is 4.92. The highest BCUT2D eigenvalue weighted by Crippen LogP contribution is 2.22. The van der Waals surface area contributed by atoms with E-state index < -0.39 is 27.8 Å². The number of benzene rings is 1. The fourth-order valence-corrected chi connectivity index (χ4v) is 4.30. The smallest absolute Gasteiger partial charge is 0.326 e. The zero-order chi connectivity index (χ0) is 19.3. The van der Waals surface area contributed by atoms with Crippen LogP contribution in [0.1, 0.15) is 15.2 Å². The number of sulfonamides is 1. The van der Waals surface area contributed by atoms with Crippen molar-refractivity contribution in [2.45, 2.75) is 10.6 Å². The summed E-state index contributed by atoms with van der Waals surface area (Å²) in [7, 11) is -2.62. The van der Waals surface area contributed by atoms with Gasteiger partial charge in [-0.2, -0.15) is 0 Å². The lowest BCUT2D eigenvalue weighted by Crippen LogP contribution is -2.34. The van der Waals surface area contributed by atoms with Gasteiger partial charge in [-0.25, -0.2) is 22.3 Å². The van der Waals surface area contributed by atoms with Crippen molar-refractivity contribution < 1.29 is 27.1 Å². The summed E-state index contributed by atoms with van der Waals surface area (Å²) in [6.45, 7) is 0.196. The molecule has 0 radical (unpaired) electrons. The molecular weight excluding hydrogens is 385 g/mol. The molecule has 11 heteroatoms. The van der Waals surface area contributed by atoms with E-state index in [1.54, 1.807) is 10.8 Å². The van der Waals surface area contributed by atoms with Crippen LogP contribution in [0.2, 0.25) is 0 Å². The van der Waals surface area contributed by atoms with Crippen LogP contribution >= 0.6 is 11.3 Å². The molecule has 26 heavy (non-hydrogen) atoms. The second-order valence-corrected chi connectivity index (χ2v) is 8.12. The van der Waals surface area contributed by atoms with Gasteiger partial charge in [0.25, 0.3) is 15.9 Å². The highest BCUT2D eigenvalue weighted by molar-refractivity contribution is 7.92. The van der Waals surface area contributed by atoms with E-state index in [-0.39, 0.29) is 22.1 Å². The summed E-state index contributed by atoms with van der Waals surface area (Å²) in [6, 6.07) is 5.34. The maximum Gasteiger partial charge on any atom is 0.326 e. The molecule has 0 fully saturated rings. The Morgan fingerprint density at radius 3 is 2.65 bits per heavy atom. The fourth-order valence-electron chi connectivity index (χ4n) is 2.07. The van der Waals surface area contributed by atoms with Gasteiger partial charge in [0.05, 0.1) is 12.7 Å². The van der Waals surface area contributed by atoms with E-state index in [1.807, 2.05) is 0 Å². The fraction of sp³-hybridized carbons (Fsp3) is 0.200. The number of rotatable bonds is 7. The van der Waals surface area contributed by atoms with Crippen LogP contribution in [0.5, 0.6) is 5.75 Å². The van der Waals surface area contributed by atoms with Crippen LogP contribution in [0.25, 0.3) is 0 Å². The molecule has 0 spiro atoms. The molecule has 0 unspecified atom stereocenters. The molecule has 2 aromatic rings. The summed E-state index contributed by atoms with van der Waals surface area (Å²) in [5, 5.41) is 2.61. The van der Waals surface area contributed by atoms with Crippen molar-refractivity contribution in [3.05, 3.63) is 46.6 Å². The predicted molar refractivity (Wildman–Crippen MR) is 93.2 cm³/mol. The van der Waals surface area contributed by atoms with E-state index in [0.29, 0.717) is 11.3 Å². The van der Waals surface area contributed by atoms with Gasteiger partial charge in [-0.05, 0) is 36.8 Å². The molecule has 3 amide bonds. The molecule has 1 aromatic carbocycles. The Morgan fingerprint density at radius 2 is 2.00 bits per heavy atom. The minimum absolute atomic E-state index is 0.0626. The largest absolute Gasteiger partial charge is 0.496 e. The number of urea groups is 1. The Balaban J connectivity index is 1.98. The molecule has 2 rings (SSSR count). The number of carbonyl (C=O) groups excluding carboxylic acids is 2. The molecular formula is C15H16FN3O5S2. The van der Waals surface area contributed by atoms with E-state index in [1.165, 1.54) is 25.3 Å². The topological polar surface area (TPSA) is 128 Å². The molecule has 0 bridgehead atoms. The quantitative estimate of drug-likeness (QED) is 0.643. The van der Waals surface area contributed by atoms with Crippen molar-refractivity contribution in [2.75, 3.05) is 13.7 Å². The average molecular weight is 401 g/mol. The number of nitrogens with two attached hydrogens (primary N) is 1. The first-order valence-corrected chi connectivity index (χ1v) is 9.55. The summed E-state index contributed by atoms with van der Waals surface area (Å²) >= 11 is 0.945. The lowest BCUT2D eigenvalue weighted by molar-refractivity contribution is 0.0950. The molecule has 0 aliphatic carbocycles. The van der Waals surface area contributed by atoms with Crippen LogP contribution < -0.4 is 20.5 Å². The zero-order valence-corrected chi connectivity index (χ0v) is 15.2. The van der Waals surface area contributed by atoms with Gasteiger partial charge in [0.2, 0.25) is 0 Å². The minimum atomic E-state index is -3.99. The lowest BCUT2D eigenvalue weighted by atomic mass is 10.2. The van der Waals surface area contributed by atoms with Crippen molar-refractivity contribution in [3.8, 4) is 5.75 Å². The first kappa shape index (κ1) is 19.7. The third-order valence-corrected chi connectivity index (χ3v) is 6.18. The number of nitrogens with one attached hydrogen (secondary N) is 2. The molecule has 1 aromatic heterocycles. The highest BCUT2D eigenvalue weighted by atomic mass is 32.2. The third-order valence-electron chi connectivity index (χ3n) is 3.20. The van der Waals surface area contributed by atoms with E-state index >= 15 is 0 Å². The minimum Gasteiger partial charge on any atom is -0.496 e. The SMILES string of the molecule is COc1ccc(F)cc1C(=O)NCCc1ccc(S(=O)(=O)NC(N)=O)s1. The van der Waals surface area contributed by atoms with Gasteiger partial charge in [0.1, 0.15) is 15.8 Å². The van der Waals surface area contributed by atoms with Crippen LogP contribution in [0.15, 0.2) is 34.5 Å². The number of carbonyl (C=O) groups is 2. The van der Waals surface area contributed by atoms with Gasteiger partial charge >= 0.3 is 6.03 Å². The normalized spacial score (nSPS) is 11.0. The van der Waals surface area contributed by atoms with Gasteiger partial charge in [0, 0.05) is 11.4 Å². The van der Waals surface area contributed by atoms with Crippen molar-refractivity contribution in [3.63, 3.8) is 0 Å². The average Bonchev–Trinajstić information content (AvgIpc) is 3.03. The number of methoxy groups -OCH3 is 1. The van der Waals surface area contributed by atoms with Crippen LogP contribution in [-0.2, 0) is 16.4 Å². The van der Waals surface area contributed by atoms with Gasteiger partial charge in [-0.15, -0.1) is 11.3 Å². The van der Waals surface area contributed by atoms with E-state index in [9.17, 15) is 22.4 Å². The Hall–Kier alpha value is -2.66. The van der Waals surface area contributed by atoms with Crippen molar-refractivity contribution in [1.82, 2.24) is 10.0 Å². The van der Waals surface area contributed by atoms with Crippen molar-refractivity contribution >= 4 is 33.3 Å². The number of hydrogen-bond donors (Lipinski definition) is 3. The molecule has 4 N–H and O–H groups in total. The lowest BCUT2D eigenvalue weighted by Gasteiger charge is -2.09. The van der Waals surface area contributed by atoms with Crippen LogP contribution in [0.3, 0.4) is 0 Å². The molecule has 1 heterocycles. The van der Waals surface area contributed by atoms with Crippen molar-refractivity contribution in [2.24, 2.45) is 5.73 Å². The molecule has 0 atom stereocenters. The summed E-state index contributed by atoms with van der Waals surface area (Å²) in [6.07, 6.45) is 0.347. The number of primary amides is 1. The highest BCUT2D eigenvalue weighted by Gasteiger charge is 2.18. The number of hydrogen-bond acceptors (Lipinski definition) is 6. The van der Waals surface area contributed by atoms with E-state index in [2.05, 4.69) is 5.32 Å². The van der Waals surface area contributed by atoms with Crippen molar-refractivity contribution in [1.29, 1.82) is 0 Å². The molecule has 8 nitrogen and oxygen atoms in total. The van der Waals surface area contributed by atoms with Gasteiger partial charge in [-0.3, -0.25) is 4.79 Å². The zero-order valence-electron chi connectivity index (χ0n) is 13.6. The number of ether oxygens (including phenoxy) is 1.